The van der Waals surface area contributed by atoms with Crippen molar-refractivity contribution >= 4 is 5.69 Å². The number of benzene rings is 1. The molecule has 4 nitrogen and oxygen atoms in total. The Labute approximate surface area is 109 Å². The molecule has 98 valence electrons. The van der Waals surface area contributed by atoms with Crippen LogP contribution in [0.25, 0.3) is 0 Å². The quantitative estimate of drug-likeness (QED) is 0.830. The van der Waals surface area contributed by atoms with E-state index in [4.69, 9.17) is 5.11 Å². The highest BCUT2D eigenvalue weighted by Crippen LogP contribution is 2.22. The van der Waals surface area contributed by atoms with E-state index in [1.54, 1.807) is 0 Å². The van der Waals surface area contributed by atoms with E-state index in [9.17, 15) is 5.26 Å². The molecule has 1 aromatic carbocycles. The smallest absolute Gasteiger partial charge is 0.123 e. The first-order valence-corrected chi connectivity index (χ1v) is 6.15. The van der Waals surface area contributed by atoms with Gasteiger partial charge >= 0.3 is 0 Å². The van der Waals surface area contributed by atoms with Crippen LogP contribution in [0.3, 0.4) is 0 Å². The van der Waals surface area contributed by atoms with Crippen LogP contribution in [0, 0.1) is 11.3 Å². The third kappa shape index (κ3) is 3.46. The van der Waals surface area contributed by atoms with Crippen LogP contribution in [0.1, 0.15) is 18.5 Å². The van der Waals surface area contributed by atoms with Crippen molar-refractivity contribution < 1.29 is 5.11 Å². The largest absolute Gasteiger partial charge is 0.395 e. The molecule has 0 amide bonds. The van der Waals surface area contributed by atoms with Crippen molar-refractivity contribution in [3.63, 3.8) is 0 Å². The predicted octanol–water partition coefficient (Wildman–Crippen LogP) is 1.63. The lowest BCUT2D eigenvalue weighted by Crippen LogP contribution is -2.30. The summed E-state index contributed by atoms with van der Waals surface area (Å²) in [4.78, 5) is 3.99. The minimum Gasteiger partial charge on any atom is -0.395 e. The van der Waals surface area contributed by atoms with Crippen molar-refractivity contribution in [1.29, 1.82) is 5.26 Å². The van der Waals surface area contributed by atoms with Crippen LogP contribution in [0.5, 0.6) is 0 Å². The van der Waals surface area contributed by atoms with Crippen LogP contribution in [0.4, 0.5) is 5.69 Å². The maximum absolute atomic E-state index is 9.30. The number of nitrogens with zero attached hydrogens (tertiary/aromatic N) is 3. The maximum Gasteiger partial charge on any atom is 0.123 e. The van der Waals surface area contributed by atoms with Gasteiger partial charge in [0, 0.05) is 26.3 Å². The van der Waals surface area contributed by atoms with Gasteiger partial charge in [0.05, 0.1) is 12.7 Å². The fourth-order valence-corrected chi connectivity index (χ4v) is 1.92. The molecular formula is C14H21N3O. The van der Waals surface area contributed by atoms with Gasteiger partial charge in [-0.3, -0.25) is 4.90 Å². The molecule has 0 radical (unpaired) electrons. The van der Waals surface area contributed by atoms with Crippen molar-refractivity contribution in [3.8, 4) is 6.07 Å². The summed E-state index contributed by atoms with van der Waals surface area (Å²) in [5.41, 5.74) is 2.08. The first-order chi connectivity index (χ1) is 8.63. The van der Waals surface area contributed by atoms with Crippen molar-refractivity contribution in [2.45, 2.75) is 13.0 Å². The van der Waals surface area contributed by atoms with E-state index in [0.29, 0.717) is 6.54 Å². The molecule has 0 aliphatic heterocycles. The molecule has 1 rings (SSSR count). The molecule has 0 bridgehead atoms. The van der Waals surface area contributed by atoms with Gasteiger partial charge in [0.25, 0.3) is 0 Å². The highest BCUT2D eigenvalue weighted by Gasteiger charge is 2.17. The summed E-state index contributed by atoms with van der Waals surface area (Å²) >= 11 is 0. The van der Waals surface area contributed by atoms with E-state index >= 15 is 0 Å². The van der Waals surface area contributed by atoms with Crippen molar-refractivity contribution in [1.82, 2.24) is 4.90 Å². The summed E-state index contributed by atoms with van der Waals surface area (Å²) in [6.07, 6.45) is 0. The van der Waals surface area contributed by atoms with Gasteiger partial charge in [-0.15, -0.1) is 0 Å². The Morgan fingerprint density at radius 3 is 2.28 bits per heavy atom. The number of likely N-dealkylation sites (N-methyl/N-ethyl adjacent to an activating group) is 1. The molecule has 0 spiro atoms. The zero-order valence-corrected chi connectivity index (χ0v) is 11.3. The molecule has 0 heterocycles. The molecule has 0 aliphatic carbocycles. The second-order valence-electron chi connectivity index (χ2n) is 4.37. The zero-order valence-electron chi connectivity index (χ0n) is 11.3. The van der Waals surface area contributed by atoms with Gasteiger partial charge in [-0.2, -0.15) is 5.26 Å². The number of aliphatic hydroxyl groups is 1. The summed E-state index contributed by atoms with van der Waals surface area (Å²) in [7, 11) is 3.97. The first-order valence-electron chi connectivity index (χ1n) is 6.15. The molecule has 1 unspecified atom stereocenters. The van der Waals surface area contributed by atoms with Crippen LogP contribution in [0.2, 0.25) is 0 Å². The molecule has 18 heavy (non-hydrogen) atoms. The van der Waals surface area contributed by atoms with Crippen LogP contribution >= 0.6 is 0 Å². The number of aliphatic hydroxyl groups excluding tert-OH is 1. The second kappa shape index (κ2) is 7.00. The Hall–Kier alpha value is -1.57. The van der Waals surface area contributed by atoms with E-state index in [0.717, 1.165) is 17.8 Å². The molecule has 0 fully saturated rings. The molecule has 0 saturated carbocycles. The van der Waals surface area contributed by atoms with Gasteiger partial charge in [-0.05, 0) is 24.2 Å². The van der Waals surface area contributed by atoms with E-state index in [1.807, 2.05) is 55.1 Å². The van der Waals surface area contributed by atoms with E-state index in [1.165, 1.54) is 0 Å². The maximum atomic E-state index is 9.30. The van der Waals surface area contributed by atoms with E-state index in [-0.39, 0.29) is 12.6 Å². The van der Waals surface area contributed by atoms with Crippen LogP contribution in [-0.4, -0.2) is 43.8 Å². The topological polar surface area (TPSA) is 50.5 Å². The van der Waals surface area contributed by atoms with Gasteiger partial charge in [0.2, 0.25) is 0 Å². The third-order valence-corrected chi connectivity index (χ3v) is 3.01. The van der Waals surface area contributed by atoms with Crippen LogP contribution in [0.15, 0.2) is 24.3 Å². The van der Waals surface area contributed by atoms with Gasteiger partial charge < -0.3 is 10.0 Å². The highest BCUT2D eigenvalue weighted by molar-refractivity contribution is 5.47. The van der Waals surface area contributed by atoms with Gasteiger partial charge in [-0.1, -0.05) is 19.1 Å². The second-order valence-corrected chi connectivity index (χ2v) is 4.37. The lowest BCUT2D eigenvalue weighted by molar-refractivity contribution is 0.180. The monoisotopic (exact) mass is 247 g/mol. The minimum atomic E-state index is -0.293. The zero-order chi connectivity index (χ0) is 13.5. The average Bonchev–Trinajstić information content (AvgIpc) is 2.39. The van der Waals surface area contributed by atoms with Gasteiger partial charge in [0.1, 0.15) is 6.04 Å². The highest BCUT2D eigenvalue weighted by atomic mass is 16.3. The Balaban J connectivity index is 2.91. The number of nitriles is 1. The van der Waals surface area contributed by atoms with Crippen LogP contribution < -0.4 is 4.90 Å². The molecule has 4 heteroatoms. The number of hydrogen-bond acceptors (Lipinski definition) is 4. The first kappa shape index (κ1) is 14.5. The van der Waals surface area contributed by atoms with Gasteiger partial charge in [0.15, 0.2) is 0 Å². The Morgan fingerprint density at radius 1 is 1.28 bits per heavy atom. The summed E-state index contributed by atoms with van der Waals surface area (Å²) < 4.78 is 0. The standard InChI is InChI=1S/C14H21N3O/c1-4-17(9-10-18)14(11-15)12-5-7-13(8-6-12)16(2)3/h5-8,14,18H,4,9-10H2,1-3H3. The summed E-state index contributed by atoms with van der Waals surface area (Å²) in [5, 5.41) is 18.3. The van der Waals surface area contributed by atoms with Gasteiger partial charge in [-0.25, -0.2) is 0 Å². The minimum absolute atomic E-state index is 0.0712. The molecule has 0 saturated heterocycles. The third-order valence-electron chi connectivity index (χ3n) is 3.01. The molecule has 0 aromatic heterocycles. The van der Waals surface area contributed by atoms with Crippen molar-refractivity contribution in [2.75, 3.05) is 38.7 Å². The molecular weight excluding hydrogens is 226 g/mol. The Morgan fingerprint density at radius 2 is 1.89 bits per heavy atom. The molecule has 1 atom stereocenters. The lowest BCUT2D eigenvalue weighted by Gasteiger charge is -2.25. The van der Waals surface area contributed by atoms with Crippen molar-refractivity contribution in [3.05, 3.63) is 29.8 Å². The average molecular weight is 247 g/mol. The summed E-state index contributed by atoms with van der Waals surface area (Å²) in [6, 6.07) is 9.97. The number of anilines is 1. The lowest BCUT2D eigenvalue weighted by atomic mass is 10.1. The Bertz CT molecular complexity index is 394. The molecule has 1 aromatic rings. The number of hydrogen-bond donors (Lipinski definition) is 1. The fourth-order valence-electron chi connectivity index (χ4n) is 1.92. The van der Waals surface area contributed by atoms with Crippen LogP contribution in [-0.2, 0) is 0 Å². The fraction of sp³-hybridized carbons (Fsp3) is 0.500. The van der Waals surface area contributed by atoms with Crippen molar-refractivity contribution in [2.24, 2.45) is 0 Å². The number of rotatable bonds is 6. The SMILES string of the molecule is CCN(CCO)C(C#N)c1ccc(N(C)C)cc1. The molecule has 0 aliphatic rings. The normalized spacial score (nSPS) is 12.2. The van der Waals surface area contributed by atoms with E-state index in [2.05, 4.69) is 6.07 Å². The summed E-state index contributed by atoms with van der Waals surface area (Å²) in [5.74, 6) is 0. The molecule has 1 N–H and O–H groups in total. The van der Waals surface area contributed by atoms with E-state index < -0.39 is 0 Å². The Kier molecular flexibility index (Phi) is 5.63. The summed E-state index contributed by atoms with van der Waals surface area (Å²) in [6.45, 7) is 3.33. The predicted molar refractivity (Wildman–Crippen MR) is 73.5 cm³/mol.